The number of thioether (sulfide) groups is 1. The number of benzene rings is 1. The van der Waals surface area contributed by atoms with Gasteiger partial charge in [-0.3, -0.25) is 0 Å². The van der Waals surface area contributed by atoms with Gasteiger partial charge < -0.3 is 10.5 Å². The summed E-state index contributed by atoms with van der Waals surface area (Å²) in [4.78, 5) is 8.38. The Morgan fingerprint density at radius 3 is 2.80 bits per heavy atom. The van der Waals surface area contributed by atoms with Gasteiger partial charge in [0.15, 0.2) is 5.16 Å². The maximum Gasteiger partial charge on any atom is 0.187 e. The highest BCUT2D eigenvalue weighted by Gasteiger charge is 2.05. The van der Waals surface area contributed by atoms with Crippen molar-refractivity contribution in [2.75, 3.05) is 13.7 Å². The van der Waals surface area contributed by atoms with Gasteiger partial charge in [-0.2, -0.15) is 0 Å². The van der Waals surface area contributed by atoms with Crippen LogP contribution in [0.1, 0.15) is 11.1 Å². The number of hydrogen-bond acceptors (Lipinski definition) is 5. The zero-order chi connectivity index (χ0) is 14.2. The maximum absolute atomic E-state index is 5.39. The third-order valence-corrected chi connectivity index (χ3v) is 3.44. The van der Waals surface area contributed by atoms with E-state index in [2.05, 4.69) is 21.8 Å². The molecule has 0 radical (unpaired) electrons. The Morgan fingerprint density at radius 1 is 1.30 bits per heavy atom. The van der Waals surface area contributed by atoms with E-state index in [1.807, 2.05) is 18.2 Å². The van der Waals surface area contributed by atoms with Crippen LogP contribution in [-0.4, -0.2) is 23.6 Å². The van der Waals surface area contributed by atoms with E-state index in [1.54, 1.807) is 37.3 Å². The molecular formula is C15H15N3OS. The van der Waals surface area contributed by atoms with Gasteiger partial charge in [0.2, 0.25) is 0 Å². The third kappa shape index (κ3) is 3.98. The van der Waals surface area contributed by atoms with Crippen molar-refractivity contribution in [2.45, 2.75) is 10.9 Å². The summed E-state index contributed by atoms with van der Waals surface area (Å²) in [5.74, 6) is 7.44. The van der Waals surface area contributed by atoms with Crippen LogP contribution in [0.2, 0.25) is 0 Å². The molecule has 0 saturated heterocycles. The second kappa shape index (κ2) is 7.53. The van der Waals surface area contributed by atoms with Crippen molar-refractivity contribution in [1.82, 2.24) is 9.97 Å². The number of rotatable bonds is 4. The molecule has 102 valence electrons. The van der Waals surface area contributed by atoms with Gasteiger partial charge in [0.25, 0.3) is 0 Å². The molecule has 0 atom stereocenters. The first-order valence-electron chi connectivity index (χ1n) is 6.09. The van der Waals surface area contributed by atoms with Crippen molar-refractivity contribution in [3.05, 3.63) is 47.8 Å². The van der Waals surface area contributed by atoms with E-state index < -0.39 is 0 Å². The molecule has 0 unspecified atom stereocenters. The summed E-state index contributed by atoms with van der Waals surface area (Å²) in [5.41, 5.74) is 7.38. The zero-order valence-electron chi connectivity index (χ0n) is 11.2. The minimum absolute atomic E-state index is 0.355. The lowest BCUT2D eigenvalue weighted by Gasteiger charge is -2.08. The summed E-state index contributed by atoms with van der Waals surface area (Å²) >= 11 is 1.56. The fourth-order valence-electron chi connectivity index (χ4n) is 1.62. The molecule has 0 saturated carbocycles. The molecule has 1 aromatic heterocycles. The molecule has 0 amide bonds. The van der Waals surface area contributed by atoms with Crippen molar-refractivity contribution in [3.63, 3.8) is 0 Å². The predicted molar refractivity (Wildman–Crippen MR) is 80.5 cm³/mol. The zero-order valence-corrected chi connectivity index (χ0v) is 12.0. The highest BCUT2D eigenvalue weighted by molar-refractivity contribution is 7.98. The van der Waals surface area contributed by atoms with E-state index in [9.17, 15) is 0 Å². The average molecular weight is 285 g/mol. The van der Waals surface area contributed by atoms with Crippen LogP contribution in [0.25, 0.3) is 0 Å². The molecule has 1 aromatic carbocycles. The Hall–Kier alpha value is -2.03. The van der Waals surface area contributed by atoms with Crippen LogP contribution in [0.3, 0.4) is 0 Å². The maximum atomic E-state index is 5.39. The van der Waals surface area contributed by atoms with E-state index in [1.165, 1.54) is 0 Å². The SMILES string of the molecule is COc1ccc(C#CCN)cc1CSc1ncccn1. The quantitative estimate of drug-likeness (QED) is 0.529. The van der Waals surface area contributed by atoms with Gasteiger partial charge in [0.1, 0.15) is 5.75 Å². The minimum atomic E-state index is 0.355. The van der Waals surface area contributed by atoms with Gasteiger partial charge >= 0.3 is 0 Å². The lowest BCUT2D eigenvalue weighted by Crippen LogP contribution is -1.94. The van der Waals surface area contributed by atoms with Crippen molar-refractivity contribution in [2.24, 2.45) is 5.73 Å². The summed E-state index contributed by atoms with van der Waals surface area (Å²) in [7, 11) is 1.66. The Morgan fingerprint density at radius 2 is 2.10 bits per heavy atom. The molecule has 20 heavy (non-hydrogen) atoms. The van der Waals surface area contributed by atoms with Crippen LogP contribution in [0.15, 0.2) is 41.8 Å². The first-order chi connectivity index (χ1) is 9.83. The number of ether oxygens (including phenoxy) is 1. The Labute approximate surface area is 122 Å². The van der Waals surface area contributed by atoms with Crippen molar-refractivity contribution in [3.8, 4) is 17.6 Å². The summed E-state index contributed by atoms with van der Waals surface area (Å²) < 4.78 is 5.37. The van der Waals surface area contributed by atoms with Crippen molar-refractivity contribution < 1.29 is 4.74 Å². The molecular weight excluding hydrogens is 270 g/mol. The van der Waals surface area contributed by atoms with E-state index in [0.717, 1.165) is 27.8 Å². The first-order valence-corrected chi connectivity index (χ1v) is 7.07. The molecule has 4 nitrogen and oxygen atoms in total. The van der Waals surface area contributed by atoms with E-state index in [0.29, 0.717) is 6.54 Å². The van der Waals surface area contributed by atoms with Crippen LogP contribution < -0.4 is 10.5 Å². The minimum Gasteiger partial charge on any atom is -0.496 e. The van der Waals surface area contributed by atoms with Gasteiger partial charge in [-0.05, 0) is 24.3 Å². The molecule has 1 heterocycles. The number of aromatic nitrogens is 2. The van der Waals surface area contributed by atoms with E-state index in [4.69, 9.17) is 10.5 Å². The second-order valence-electron chi connectivity index (χ2n) is 3.85. The largest absolute Gasteiger partial charge is 0.496 e. The fourth-order valence-corrected chi connectivity index (χ4v) is 2.41. The van der Waals surface area contributed by atoms with Crippen LogP contribution in [0, 0.1) is 11.8 Å². The van der Waals surface area contributed by atoms with E-state index >= 15 is 0 Å². The molecule has 0 spiro atoms. The first kappa shape index (κ1) is 14.4. The molecule has 5 heteroatoms. The third-order valence-electron chi connectivity index (χ3n) is 2.51. The lowest BCUT2D eigenvalue weighted by molar-refractivity contribution is 0.411. The van der Waals surface area contributed by atoms with Crippen molar-refractivity contribution >= 4 is 11.8 Å². The lowest BCUT2D eigenvalue weighted by atomic mass is 10.1. The molecule has 0 aliphatic rings. The second-order valence-corrected chi connectivity index (χ2v) is 4.80. The smallest absolute Gasteiger partial charge is 0.187 e. The average Bonchev–Trinajstić information content (AvgIpc) is 2.52. The van der Waals surface area contributed by atoms with Crippen LogP contribution >= 0.6 is 11.8 Å². The molecule has 2 aromatic rings. The van der Waals surface area contributed by atoms with Gasteiger partial charge in [-0.25, -0.2) is 9.97 Å². The molecule has 0 aliphatic heterocycles. The highest BCUT2D eigenvalue weighted by Crippen LogP contribution is 2.26. The standard InChI is InChI=1S/C15H15N3OS/c1-19-14-6-5-12(4-2-7-16)10-13(14)11-20-15-17-8-3-9-18-15/h3,5-6,8-10H,7,11,16H2,1H3. The normalized spacial score (nSPS) is 9.70. The van der Waals surface area contributed by atoms with Gasteiger partial charge in [-0.1, -0.05) is 23.6 Å². The van der Waals surface area contributed by atoms with Crippen LogP contribution in [-0.2, 0) is 5.75 Å². The Balaban J connectivity index is 2.16. The number of nitrogens with two attached hydrogens (primary N) is 1. The summed E-state index contributed by atoms with van der Waals surface area (Å²) in [6, 6.07) is 7.65. The highest BCUT2D eigenvalue weighted by atomic mass is 32.2. The molecule has 0 aliphatic carbocycles. The summed E-state index contributed by atoms with van der Waals surface area (Å²) in [5, 5.41) is 0.744. The fraction of sp³-hybridized carbons (Fsp3) is 0.200. The van der Waals surface area contributed by atoms with Crippen LogP contribution in [0.4, 0.5) is 0 Å². The molecule has 2 rings (SSSR count). The van der Waals surface area contributed by atoms with Gasteiger partial charge in [-0.15, -0.1) is 0 Å². The number of methoxy groups -OCH3 is 1. The summed E-state index contributed by atoms with van der Waals surface area (Å²) in [6.07, 6.45) is 3.46. The van der Waals surface area contributed by atoms with E-state index in [-0.39, 0.29) is 0 Å². The Kier molecular flexibility index (Phi) is 5.42. The number of nitrogens with zero attached hydrogens (tertiary/aromatic N) is 2. The van der Waals surface area contributed by atoms with Gasteiger partial charge in [0, 0.05) is 29.3 Å². The monoisotopic (exact) mass is 285 g/mol. The van der Waals surface area contributed by atoms with Crippen molar-refractivity contribution in [1.29, 1.82) is 0 Å². The predicted octanol–water partition coefficient (Wildman–Crippen LogP) is 2.09. The number of hydrogen-bond donors (Lipinski definition) is 1. The summed E-state index contributed by atoms with van der Waals surface area (Å²) in [6.45, 7) is 0.355. The topological polar surface area (TPSA) is 61.0 Å². The molecule has 0 bridgehead atoms. The van der Waals surface area contributed by atoms with Crippen LogP contribution in [0.5, 0.6) is 5.75 Å². The van der Waals surface area contributed by atoms with Gasteiger partial charge in [0.05, 0.1) is 13.7 Å². The molecule has 0 fully saturated rings. The Bertz CT molecular complexity index is 620. The molecule has 2 N–H and O–H groups in total.